The van der Waals surface area contributed by atoms with Gasteiger partial charge in [-0.15, -0.1) is 0 Å². The van der Waals surface area contributed by atoms with Gasteiger partial charge in [-0.2, -0.15) is 35.4 Å². The molecule has 1 aromatic rings. The summed E-state index contributed by atoms with van der Waals surface area (Å²) in [4.78, 5) is 0. The first-order valence-electron chi connectivity index (χ1n) is 3.95. The Labute approximate surface area is 96.3 Å². The summed E-state index contributed by atoms with van der Waals surface area (Å²) in [6.07, 6.45) is 0. The number of halogens is 2. The van der Waals surface area contributed by atoms with Gasteiger partial charge in [-0.1, -0.05) is 20.8 Å². The van der Waals surface area contributed by atoms with Gasteiger partial charge in [0, 0.05) is 0 Å². The summed E-state index contributed by atoms with van der Waals surface area (Å²) in [7, 11) is 9.71. The second kappa shape index (κ2) is 7.79. The van der Waals surface area contributed by atoms with Gasteiger partial charge in [-0.3, -0.25) is 0 Å². The number of benzene rings is 1. The molecule has 13 heavy (non-hydrogen) atoms. The van der Waals surface area contributed by atoms with Gasteiger partial charge in [0.05, 0.1) is 0 Å². The third kappa shape index (κ3) is 6.49. The van der Waals surface area contributed by atoms with E-state index in [1.807, 2.05) is 6.07 Å². The predicted molar refractivity (Wildman–Crippen MR) is 55.8 cm³/mol. The predicted octanol–water partition coefficient (Wildman–Crippen LogP) is 4.30. The summed E-state index contributed by atoms with van der Waals surface area (Å²) in [5, 5.41) is 0. The summed E-state index contributed by atoms with van der Waals surface area (Å²) in [5.41, 5.74) is 2.58. The molecule has 0 aromatic heterocycles. The molecule has 0 N–H and O–H groups in total. The van der Waals surface area contributed by atoms with E-state index in [1.165, 1.54) is 11.1 Å². The molecule has 0 spiro atoms. The molecule has 0 amide bonds. The molecular weight excluding hydrogens is 292 g/mol. The van der Waals surface area contributed by atoms with Crippen LogP contribution in [0, 0.1) is 13.0 Å². The summed E-state index contributed by atoms with van der Waals surface area (Å²) < 4.78 is 0. The van der Waals surface area contributed by atoms with Crippen molar-refractivity contribution in [1.29, 1.82) is 0 Å². The molecule has 0 nitrogen and oxygen atoms in total. The Kier molecular flexibility index (Phi) is 8.05. The fourth-order valence-electron chi connectivity index (χ4n) is 0.874. The van der Waals surface area contributed by atoms with Gasteiger partial charge < -0.3 is 0 Å². The van der Waals surface area contributed by atoms with Gasteiger partial charge in [0.1, 0.15) is 0 Å². The summed E-state index contributed by atoms with van der Waals surface area (Å²) >= 11 is -0.346. The SMILES string of the molecule is Cc1c[c-]c(C(C)C)cc1.[Cl][Ru][Cl]. The van der Waals surface area contributed by atoms with Crippen LogP contribution >= 0.6 is 19.4 Å². The Morgan fingerprint density at radius 3 is 2.15 bits per heavy atom. The van der Waals surface area contributed by atoms with Crippen LogP contribution in [0.15, 0.2) is 18.2 Å². The van der Waals surface area contributed by atoms with E-state index >= 15 is 0 Å². The zero-order chi connectivity index (χ0) is 10.3. The summed E-state index contributed by atoms with van der Waals surface area (Å²) in [5.74, 6) is 0.598. The van der Waals surface area contributed by atoms with Gasteiger partial charge in [0.25, 0.3) is 0 Å². The standard InChI is InChI=1S/C10H13.2ClH.Ru/c1-8(2)10-6-4-9(3)5-7-10;;;/h4-6,8H,1-3H3;2*1H;/q-1;;;+2/p-2. The first-order chi connectivity index (χ1) is 6.11. The van der Waals surface area contributed by atoms with Crippen LogP contribution in [0.25, 0.3) is 0 Å². The monoisotopic (exact) mass is 305 g/mol. The first kappa shape index (κ1) is 13.4. The van der Waals surface area contributed by atoms with Crippen molar-refractivity contribution >= 4 is 19.4 Å². The molecule has 0 aliphatic heterocycles. The van der Waals surface area contributed by atoms with Gasteiger partial charge in [0.2, 0.25) is 0 Å². The Morgan fingerprint density at radius 2 is 1.85 bits per heavy atom. The minimum atomic E-state index is -0.346. The van der Waals surface area contributed by atoms with Gasteiger partial charge in [-0.25, -0.2) is 0 Å². The van der Waals surface area contributed by atoms with Crippen LogP contribution in [0.4, 0.5) is 0 Å². The molecule has 1 rings (SSSR count). The van der Waals surface area contributed by atoms with Crippen molar-refractivity contribution in [2.75, 3.05) is 0 Å². The topological polar surface area (TPSA) is 0 Å². The molecule has 1 aromatic carbocycles. The number of hydrogen-bond acceptors (Lipinski definition) is 0. The van der Waals surface area contributed by atoms with E-state index in [1.54, 1.807) is 0 Å². The average molecular weight is 305 g/mol. The van der Waals surface area contributed by atoms with E-state index in [2.05, 4.69) is 39.0 Å². The van der Waals surface area contributed by atoms with Crippen LogP contribution in [-0.2, 0) is 15.1 Å². The van der Waals surface area contributed by atoms with Gasteiger partial charge in [0.15, 0.2) is 0 Å². The van der Waals surface area contributed by atoms with Crippen LogP contribution in [0.1, 0.15) is 30.9 Å². The Bertz CT molecular complexity index is 219. The van der Waals surface area contributed by atoms with E-state index in [9.17, 15) is 0 Å². The van der Waals surface area contributed by atoms with Crippen LogP contribution in [0.5, 0.6) is 0 Å². The second-order valence-corrected chi connectivity index (χ2v) is 5.67. The van der Waals surface area contributed by atoms with E-state index in [4.69, 9.17) is 19.4 Å². The molecule has 0 radical (unpaired) electrons. The fourth-order valence-corrected chi connectivity index (χ4v) is 0.874. The van der Waals surface area contributed by atoms with Crippen molar-refractivity contribution in [3.8, 4) is 0 Å². The van der Waals surface area contributed by atoms with E-state index < -0.39 is 0 Å². The van der Waals surface area contributed by atoms with Crippen LogP contribution in [0.3, 0.4) is 0 Å². The first-order valence-corrected chi connectivity index (χ1v) is 8.42. The normalized spacial score (nSPS) is 9.69. The molecule has 0 aliphatic carbocycles. The third-order valence-corrected chi connectivity index (χ3v) is 1.61. The molecule has 0 unspecified atom stereocenters. The average Bonchev–Trinajstić information content (AvgIpc) is 2.06. The Hall–Kier alpha value is 0.423. The summed E-state index contributed by atoms with van der Waals surface area (Å²) in [6.45, 7) is 6.45. The van der Waals surface area contributed by atoms with Crippen molar-refractivity contribution in [2.24, 2.45) is 0 Å². The maximum absolute atomic E-state index is 4.85. The van der Waals surface area contributed by atoms with Crippen molar-refractivity contribution in [3.05, 3.63) is 35.4 Å². The van der Waals surface area contributed by atoms with E-state index in [0.29, 0.717) is 5.92 Å². The van der Waals surface area contributed by atoms with Crippen molar-refractivity contribution in [3.63, 3.8) is 0 Å². The van der Waals surface area contributed by atoms with Crippen LogP contribution in [-0.4, -0.2) is 0 Å². The zero-order valence-corrected chi connectivity index (χ0v) is 11.2. The molecule has 0 saturated heterocycles. The molecule has 0 fully saturated rings. The quantitative estimate of drug-likeness (QED) is 0.536. The number of hydrogen-bond donors (Lipinski definition) is 0. The van der Waals surface area contributed by atoms with Crippen molar-refractivity contribution in [1.82, 2.24) is 0 Å². The molecule has 76 valence electrons. The maximum atomic E-state index is 4.85. The third-order valence-electron chi connectivity index (χ3n) is 1.61. The molecule has 0 saturated carbocycles. The van der Waals surface area contributed by atoms with E-state index in [-0.39, 0.29) is 15.1 Å². The Balaban J connectivity index is 0.000000424. The number of aryl methyl sites for hydroxylation is 1. The van der Waals surface area contributed by atoms with E-state index in [0.717, 1.165) is 0 Å². The van der Waals surface area contributed by atoms with Crippen molar-refractivity contribution in [2.45, 2.75) is 26.7 Å². The second-order valence-electron chi connectivity index (χ2n) is 3.03. The molecule has 0 bridgehead atoms. The van der Waals surface area contributed by atoms with Crippen LogP contribution < -0.4 is 0 Å². The molecular formula is C10H13Cl2Ru-. The molecule has 0 aliphatic rings. The van der Waals surface area contributed by atoms with Crippen molar-refractivity contribution < 1.29 is 15.1 Å². The van der Waals surface area contributed by atoms with Gasteiger partial charge in [-0.05, 0) is 5.92 Å². The zero-order valence-electron chi connectivity index (χ0n) is 7.92. The fraction of sp³-hybridized carbons (Fsp3) is 0.400. The minimum absolute atomic E-state index is 0.346. The Morgan fingerprint density at radius 1 is 1.31 bits per heavy atom. The molecule has 0 atom stereocenters. The summed E-state index contributed by atoms with van der Waals surface area (Å²) in [6, 6.07) is 9.54. The van der Waals surface area contributed by atoms with Crippen LogP contribution in [0.2, 0.25) is 0 Å². The number of rotatable bonds is 1. The molecule has 3 heteroatoms. The van der Waals surface area contributed by atoms with Gasteiger partial charge >= 0.3 is 34.5 Å². The molecule has 0 heterocycles.